The van der Waals surface area contributed by atoms with Crippen LogP contribution in [0.15, 0.2) is 60.7 Å². The number of alkyl halides is 1. The average molecular weight is 476 g/mol. The summed E-state index contributed by atoms with van der Waals surface area (Å²) in [5.74, 6) is 0. The van der Waals surface area contributed by atoms with Crippen molar-refractivity contribution in [3.05, 3.63) is 60.7 Å². The summed E-state index contributed by atoms with van der Waals surface area (Å²) in [4.78, 5) is 2.20. The number of hydrogen-bond donors (Lipinski definition) is 2. The molecule has 0 aliphatic carbocycles. The van der Waals surface area contributed by atoms with Crippen LogP contribution in [0.4, 0.5) is 0 Å². The molecule has 2 aromatic carbocycles. The molecule has 4 atom stereocenters. The molecule has 0 spiro atoms. The van der Waals surface area contributed by atoms with Crippen LogP contribution in [0, 0.1) is 0 Å². The number of benzene rings is 2. The van der Waals surface area contributed by atoms with Crippen LogP contribution in [-0.2, 0) is 4.43 Å². The fourth-order valence-electron chi connectivity index (χ4n) is 4.92. The molecule has 3 rings (SSSR count). The minimum Gasteiger partial charge on any atom is -0.406 e. The molecule has 1 aliphatic heterocycles. The van der Waals surface area contributed by atoms with Crippen molar-refractivity contribution >= 4 is 30.3 Å². The van der Waals surface area contributed by atoms with Gasteiger partial charge in [-0.05, 0) is 28.4 Å². The van der Waals surface area contributed by atoms with Crippen LogP contribution in [0.5, 0.6) is 0 Å². The van der Waals surface area contributed by atoms with Gasteiger partial charge in [0.25, 0.3) is 8.32 Å². The van der Waals surface area contributed by atoms with Crippen molar-refractivity contribution in [2.24, 2.45) is 0 Å². The largest absolute Gasteiger partial charge is 0.406 e. The van der Waals surface area contributed by atoms with Crippen molar-refractivity contribution in [2.45, 2.75) is 69.2 Å². The van der Waals surface area contributed by atoms with E-state index in [1.807, 2.05) is 12.1 Å². The van der Waals surface area contributed by atoms with Crippen LogP contribution >= 0.6 is 11.6 Å². The van der Waals surface area contributed by atoms with Crippen LogP contribution < -0.4 is 10.4 Å². The van der Waals surface area contributed by atoms with Crippen LogP contribution in [0.25, 0.3) is 0 Å². The van der Waals surface area contributed by atoms with Crippen LogP contribution in [0.3, 0.4) is 0 Å². The number of piperidine rings is 1. The fourth-order valence-corrected chi connectivity index (χ4v) is 9.82. The maximum Gasteiger partial charge on any atom is 0.261 e. The minimum absolute atomic E-state index is 0.142. The highest BCUT2D eigenvalue weighted by Gasteiger charge is 2.51. The molecule has 0 bridgehead atoms. The van der Waals surface area contributed by atoms with Crippen LogP contribution in [0.2, 0.25) is 5.04 Å². The van der Waals surface area contributed by atoms with E-state index in [9.17, 15) is 10.2 Å². The van der Waals surface area contributed by atoms with Crippen molar-refractivity contribution in [1.82, 2.24) is 4.90 Å². The lowest BCUT2D eigenvalue weighted by Crippen LogP contribution is -2.69. The van der Waals surface area contributed by atoms with Crippen molar-refractivity contribution in [2.75, 3.05) is 19.7 Å². The van der Waals surface area contributed by atoms with Gasteiger partial charge in [-0.2, -0.15) is 0 Å². The Morgan fingerprint density at radius 1 is 0.969 bits per heavy atom. The third-order valence-corrected chi connectivity index (χ3v) is 12.1. The van der Waals surface area contributed by atoms with E-state index in [0.29, 0.717) is 13.2 Å². The molecular formula is C26H38ClNO3Si. The lowest BCUT2D eigenvalue weighted by atomic mass is 9.96. The first kappa shape index (κ1) is 25.4. The summed E-state index contributed by atoms with van der Waals surface area (Å²) in [6.07, 6.45) is 0.176. The molecule has 4 nitrogen and oxygen atoms in total. The van der Waals surface area contributed by atoms with E-state index in [2.05, 4.69) is 81.1 Å². The van der Waals surface area contributed by atoms with E-state index in [-0.39, 0.29) is 11.1 Å². The summed E-state index contributed by atoms with van der Waals surface area (Å²) in [5, 5.41) is 23.3. The molecule has 1 aliphatic rings. The highest BCUT2D eigenvalue weighted by Crippen LogP contribution is 2.37. The quantitative estimate of drug-likeness (QED) is 0.454. The summed E-state index contributed by atoms with van der Waals surface area (Å²) in [5.41, 5.74) is 0. The Balaban J connectivity index is 2.01. The Morgan fingerprint density at radius 2 is 1.50 bits per heavy atom. The Hall–Kier alpha value is -1.21. The molecule has 6 heteroatoms. The zero-order valence-electron chi connectivity index (χ0n) is 19.7. The van der Waals surface area contributed by atoms with Gasteiger partial charge in [0.2, 0.25) is 0 Å². The van der Waals surface area contributed by atoms with E-state index >= 15 is 0 Å². The first-order chi connectivity index (χ1) is 15.2. The number of nitrogens with zero attached hydrogens (tertiary/aromatic N) is 1. The molecular weight excluding hydrogens is 438 g/mol. The molecule has 1 fully saturated rings. The number of rotatable bonds is 8. The number of hydrogen-bond acceptors (Lipinski definition) is 4. The molecule has 176 valence electrons. The smallest absolute Gasteiger partial charge is 0.261 e. The summed E-state index contributed by atoms with van der Waals surface area (Å²) < 4.78 is 7.05. The Labute approximate surface area is 199 Å². The van der Waals surface area contributed by atoms with Crippen molar-refractivity contribution in [3.8, 4) is 0 Å². The summed E-state index contributed by atoms with van der Waals surface area (Å²) in [7, 11) is -2.72. The topological polar surface area (TPSA) is 52.9 Å². The summed E-state index contributed by atoms with van der Waals surface area (Å²) in [6.45, 7) is 10.6. The monoisotopic (exact) mass is 475 g/mol. The molecule has 32 heavy (non-hydrogen) atoms. The molecule has 2 N–H and O–H groups in total. The van der Waals surface area contributed by atoms with Gasteiger partial charge >= 0.3 is 0 Å². The van der Waals surface area contributed by atoms with Gasteiger partial charge in [-0.25, -0.2) is 0 Å². The van der Waals surface area contributed by atoms with Gasteiger partial charge in [0.15, 0.2) is 0 Å². The van der Waals surface area contributed by atoms with E-state index in [1.54, 1.807) is 0 Å². The zero-order chi connectivity index (χ0) is 23.4. The molecule has 0 radical (unpaired) electrons. The standard InChI is InChI=1S/C26H38ClNO3Si/c1-5-6-17-28-18-22(27)24(29)25(30)23(28)19-31-32(26(2,3)4,20-13-9-7-10-14-20)21-15-11-8-12-16-21/h7-16,22-25,29-30H,5-6,17-19H2,1-4H3/t22-,23+,24+,25+/m0/s1. The van der Waals surface area contributed by atoms with E-state index in [4.69, 9.17) is 16.0 Å². The van der Waals surface area contributed by atoms with Gasteiger partial charge in [0.05, 0.1) is 30.2 Å². The Bertz CT molecular complexity index is 790. The lowest BCUT2D eigenvalue weighted by molar-refractivity contribution is -0.0851. The van der Waals surface area contributed by atoms with E-state index < -0.39 is 25.9 Å². The number of aliphatic hydroxyl groups is 2. The predicted molar refractivity (Wildman–Crippen MR) is 135 cm³/mol. The third-order valence-electron chi connectivity index (χ3n) is 6.68. The highest BCUT2D eigenvalue weighted by atomic mass is 35.5. The third kappa shape index (κ3) is 5.14. The van der Waals surface area contributed by atoms with Gasteiger partial charge in [-0.3, -0.25) is 4.90 Å². The number of aliphatic hydroxyl groups excluding tert-OH is 2. The second kappa shape index (κ2) is 10.8. The SMILES string of the molecule is CCCCN1C[C@H](Cl)[C@@H](O)[C@H](O)[C@H]1CO[Si](c1ccccc1)(c1ccccc1)C(C)(C)C. The van der Waals surface area contributed by atoms with Gasteiger partial charge < -0.3 is 14.6 Å². The number of unbranched alkanes of at least 4 members (excludes halogenated alkanes) is 1. The Morgan fingerprint density at radius 3 is 1.97 bits per heavy atom. The van der Waals surface area contributed by atoms with Gasteiger partial charge in [0, 0.05) is 6.54 Å². The van der Waals surface area contributed by atoms with Crippen molar-refractivity contribution < 1.29 is 14.6 Å². The van der Waals surface area contributed by atoms with E-state index in [0.717, 1.165) is 19.4 Å². The van der Waals surface area contributed by atoms with Gasteiger partial charge in [-0.1, -0.05) is 94.8 Å². The molecule has 0 amide bonds. The summed E-state index contributed by atoms with van der Waals surface area (Å²) >= 11 is 6.37. The highest BCUT2D eigenvalue weighted by molar-refractivity contribution is 6.99. The lowest BCUT2D eigenvalue weighted by Gasteiger charge is -2.47. The molecule has 2 aromatic rings. The summed E-state index contributed by atoms with van der Waals surface area (Å²) in [6, 6.07) is 20.7. The Kier molecular flexibility index (Phi) is 8.58. The molecule has 1 heterocycles. The first-order valence-corrected chi connectivity index (χ1v) is 14.1. The van der Waals surface area contributed by atoms with Gasteiger partial charge in [-0.15, -0.1) is 11.6 Å². The van der Waals surface area contributed by atoms with Crippen LogP contribution in [0.1, 0.15) is 40.5 Å². The van der Waals surface area contributed by atoms with Crippen molar-refractivity contribution in [3.63, 3.8) is 0 Å². The van der Waals surface area contributed by atoms with Crippen LogP contribution in [-0.4, -0.2) is 66.8 Å². The van der Waals surface area contributed by atoms with Crippen molar-refractivity contribution in [1.29, 1.82) is 0 Å². The normalized spacial score (nSPS) is 25.1. The van der Waals surface area contributed by atoms with Gasteiger partial charge in [0.1, 0.15) is 0 Å². The fraction of sp³-hybridized carbons (Fsp3) is 0.538. The number of likely N-dealkylation sites (tertiary alicyclic amines) is 1. The maximum atomic E-state index is 11.0. The second-order valence-electron chi connectivity index (χ2n) is 9.89. The number of halogens is 1. The predicted octanol–water partition coefficient (Wildman–Crippen LogP) is 3.38. The molecule has 0 unspecified atom stereocenters. The maximum absolute atomic E-state index is 11.0. The zero-order valence-corrected chi connectivity index (χ0v) is 21.5. The molecule has 1 saturated heterocycles. The average Bonchev–Trinajstić information content (AvgIpc) is 2.78. The molecule has 0 saturated carbocycles. The first-order valence-electron chi connectivity index (χ1n) is 11.7. The second-order valence-corrected chi connectivity index (χ2v) is 14.8. The van der Waals surface area contributed by atoms with E-state index in [1.165, 1.54) is 10.4 Å². The minimum atomic E-state index is -2.72. The molecule has 0 aromatic heterocycles.